The zero-order chi connectivity index (χ0) is 12.0. The van der Waals surface area contributed by atoms with Crippen molar-refractivity contribution in [2.75, 3.05) is 16.8 Å². The van der Waals surface area contributed by atoms with Gasteiger partial charge in [0.25, 0.3) is 0 Å². The number of hydrogen-bond acceptors (Lipinski definition) is 4. The van der Waals surface area contributed by atoms with E-state index in [0.29, 0.717) is 0 Å². The summed E-state index contributed by atoms with van der Waals surface area (Å²) in [5.41, 5.74) is 0. The third kappa shape index (κ3) is 4.53. The Kier molecular flexibility index (Phi) is 5.84. The van der Waals surface area contributed by atoms with Crippen LogP contribution in [0.15, 0.2) is 6.20 Å². The summed E-state index contributed by atoms with van der Waals surface area (Å²) in [4.78, 5) is 7.36. The zero-order valence-electron chi connectivity index (χ0n) is 9.33. The maximum atomic E-state index is 13.3. The third-order valence-electron chi connectivity index (χ3n) is 2.00. The van der Waals surface area contributed by atoms with Crippen LogP contribution in [0.2, 0.25) is 5.28 Å². The highest BCUT2D eigenvalue weighted by Gasteiger charge is 2.09. The summed E-state index contributed by atoms with van der Waals surface area (Å²) in [5.74, 6) is 1.85. The molecule has 1 rings (SSSR count). The molecule has 0 spiro atoms. The van der Waals surface area contributed by atoms with E-state index in [0.717, 1.165) is 24.1 Å². The fourth-order valence-electron chi connectivity index (χ4n) is 1.16. The van der Waals surface area contributed by atoms with Gasteiger partial charge in [-0.1, -0.05) is 6.92 Å². The molecule has 0 saturated carbocycles. The molecule has 16 heavy (non-hydrogen) atoms. The number of thioether (sulfide) groups is 1. The Morgan fingerprint density at radius 3 is 3.06 bits per heavy atom. The number of hydrogen-bond donors (Lipinski definition) is 1. The first kappa shape index (κ1) is 13.5. The van der Waals surface area contributed by atoms with E-state index >= 15 is 0 Å². The molecule has 0 amide bonds. The van der Waals surface area contributed by atoms with Gasteiger partial charge < -0.3 is 5.32 Å². The minimum atomic E-state index is -0.473. The van der Waals surface area contributed by atoms with Crippen molar-refractivity contribution in [2.24, 2.45) is 0 Å². The first-order valence-electron chi connectivity index (χ1n) is 5.15. The lowest BCUT2D eigenvalue weighted by Crippen LogP contribution is -2.18. The van der Waals surface area contributed by atoms with E-state index in [1.54, 1.807) is 0 Å². The number of anilines is 1. The Morgan fingerprint density at radius 1 is 1.62 bits per heavy atom. The number of nitrogens with one attached hydrogen (secondary N) is 1. The summed E-state index contributed by atoms with van der Waals surface area (Å²) < 4.78 is 13.3. The molecule has 1 atom stereocenters. The third-order valence-corrected chi connectivity index (χ3v) is 3.11. The molecule has 0 radical (unpaired) electrons. The van der Waals surface area contributed by atoms with Crippen molar-refractivity contribution in [2.45, 2.75) is 26.3 Å². The summed E-state index contributed by atoms with van der Waals surface area (Å²) in [6.45, 7) is 4.11. The Bertz CT molecular complexity index is 338. The molecule has 0 bridgehead atoms. The zero-order valence-corrected chi connectivity index (χ0v) is 10.9. The average Bonchev–Trinajstić information content (AvgIpc) is 2.24. The van der Waals surface area contributed by atoms with Gasteiger partial charge in [0.1, 0.15) is 0 Å². The highest BCUT2D eigenvalue weighted by atomic mass is 35.5. The van der Waals surface area contributed by atoms with Gasteiger partial charge in [-0.05, 0) is 36.5 Å². The standard InChI is InChI=1S/C10H15ClFN3S/c1-3-16-5-4-7(2)14-9-8(12)6-13-10(11)15-9/h6-7H,3-5H2,1-2H3,(H,13,14,15). The van der Waals surface area contributed by atoms with E-state index in [2.05, 4.69) is 22.2 Å². The van der Waals surface area contributed by atoms with Crippen LogP contribution in [0.4, 0.5) is 10.2 Å². The van der Waals surface area contributed by atoms with E-state index < -0.39 is 5.82 Å². The topological polar surface area (TPSA) is 37.8 Å². The van der Waals surface area contributed by atoms with Crippen molar-refractivity contribution in [3.05, 3.63) is 17.3 Å². The normalized spacial score (nSPS) is 12.5. The molecule has 1 N–H and O–H groups in total. The van der Waals surface area contributed by atoms with Crippen LogP contribution >= 0.6 is 23.4 Å². The number of nitrogens with zero attached hydrogens (tertiary/aromatic N) is 2. The van der Waals surface area contributed by atoms with Crippen LogP contribution in [0.5, 0.6) is 0 Å². The number of rotatable bonds is 6. The maximum Gasteiger partial charge on any atom is 0.224 e. The minimum absolute atomic E-state index is 0.0547. The minimum Gasteiger partial charge on any atom is -0.365 e. The molecule has 0 aliphatic heterocycles. The number of halogens is 2. The molecule has 1 aromatic rings. The Hall–Kier alpha value is -0.550. The van der Waals surface area contributed by atoms with Gasteiger partial charge in [-0.3, -0.25) is 0 Å². The largest absolute Gasteiger partial charge is 0.365 e. The average molecular weight is 264 g/mol. The Morgan fingerprint density at radius 2 is 2.38 bits per heavy atom. The highest BCUT2D eigenvalue weighted by molar-refractivity contribution is 7.99. The van der Waals surface area contributed by atoms with Crippen LogP contribution in [0.3, 0.4) is 0 Å². The van der Waals surface area contributed by atoms with E-state index in [1.807, 2.05) is 18.7 Å². The van der Waals surface area contributed by atoms with Crippen molar-refractivity contribution >= 4 is 29.2 Å². The van der Waals surface area contributed by atoms with Gasteiger partial charge in [0.05, 0.1) is 6.20 Å². The first-order valence-corrected chi connectivity index (χ1v) is 6.69. The molecule has 0 aliphatic rings. The van der Waals surface area contributed by atoms with Crippen LogP contribution < -0.4 is 5.32 Å². The van der Waals surface area contributed by atoms with Crippen molar-refractivity contribution in [3.8, 4) is 0 Å². The molecule has 0 fully saturated rings. The highest BCUT2D eigenvalue weighted by Crippen LogP contribution is 2.14. The maximum absolute atomic E-state index is 13.3. The summed E-state index contributed by atoms with van der Waals surface area (Å²) in [7, 11) is 0. The van der Waals surface area contributed by atoms with Crippen LogP contribution in [0, 0.1) is 5.82 Å². The van der Waals surface area contributed by atoms with E-state index in [4.69, 9.17) is 11.6 Å². The van der Waals surface area contributed by atoms with Crippen molar-refractivity contribution < 1.29 is 4.39 Å². The summed E-state index contributed by atoms with van der Waals surface area (Å²) in [5, 5.41) is 3.04. The molecule has 0 aromatic carbocycles. The van der Waals surface area contributed by atoms with Gasteiger partial charge >= 0.3 is 0 Å². The van der Waals surface area contributed by atoms with Gasteiger partial charge in [-0.25, -0.2) is 9.37 Å². The van der Waals surface area contributed by atoms with Crippen molar-refractivity contribution in [1.82, 2.24) is 9.97 Å². The summed E-state index contributed by atoms with van der Waals surface area (Å²) >= 11 is 7.46. The van der Waals surface area contributed by atoms with Gasteiger partial charge in [0.15, 0.2) is 11.6 Å². The first-order chi connectivity index (χ1) is 7.63. The van der Waals surface area contributed by atoms with Crippen molar-refractivity contribution in [3.63, 3.8) is 0 Å². The van der Waals surface area contributed by atoms with Crippen LogP contribution in [-0.4, -0.2) is 27.5 Å². The Labute approximate surface area is 104 Å². The van der Waals surface area contributed by atoms with E-state index in [-0.39, 0.29) is 17.1 Å². The predicted octanol–water partition coefficient (Wildman–Crippen LogP) is 3.21. The molecular formula is C10H15ClFN3S. The molecule has 1 aromatic heterocycles. The fourth-order valence-corrected chi connectivity index (χ4v) is 2.10. The monoisotopic (exact) mass is 263 g/mol. The fraction of sp³-hybridized carbons (Fsp3) is 0.600. The molecule has 0 saturated heterocycles. The molecule has 0 aliphatic carbocycles. The van der Waals surface area contributed by atoms with Gasteiger partial charge in [-0.15, -0.1) is 0 Å². The lowest BCUT2D eigenvalue weighted by molar-refractivity contribution is 0.611. The second-order valence-electron chi connectivity index (χ2n) is 3.37. The van der Waals surface area contributed by atoms with Crippen LogP contribution in [-0.2, 0) is 0 Å². The second-order valence-corrected chi connectivity index (χ2v) is 5.10. The van der Waals surface area contributed by atoms with Gasteiger partial charge in [-0.2, -0.15) is 16.7 Å². The molecule has 3 nitrogen and oxygen atoms in total. The molecule has 1 unspecified atom stereocenters. The molecule has 6 heteroatoms. The molecular weight excluding hydrogens is 249 g/mol. The SMILES string of the molecule is CCSCCC(C)Nc1nc(Cl)ncc1F. The summed E-state index contributed by atoms with van der Waals surface area (Å²) in [6, 6.07) is 0.166. The predicted molar refractivity (Wildman–Crippen MR) is 67.7 cm³/mol. The van der Waals surface area contributed by atoms with Crippen LogP contribution in [0.1, 0.15) is 20.3 Å². The molecule has 90 valence electrons. The number of aromatic nitrogens is 2. The van der Waals surface area contributed by atoms with Gasteiger partial charge in [0, 0.05) is 6.04 Å². The van der Waals surface area contributed by atoms with Gasteiger partial charge in [0.2, 0.25) is 5.28 Å². The van der Waals surface area contributed by atoms with E-state index in [1.165, 1.54) is 0 Å². The Balaban J connectivity index is 2.48. The quantitative estimate of drug-likeness (QED) is 0.632. The summed E-state index contributed by atoms with van der Waals surface area (Å²) in [6.07, 6.45) is 2.03. The second kappa shape index (κ2) is 6.91. The van der Waals surface area contributed by atoms with Crippen molar-refractivity contribution in [1.29, 1.82) is 0 Å². The lowest BCUT2D eigenvalue weighted by Gasteiger charge is -2.14. The van der Waals surface area contributed by atoms with Crippen LogP contribution in [0.25, 0.3) is 0 Å². The smallest absolute Gasteiger partial charge is 0.224 e. The van der Waals surface area contributed by atoms with E-state index in [9.17, 15) is 4.39 Å². The molecule has 1 heterocycles. The lowest BCUT2D eigenvalue weighted by atomic mass is 10.2.